The molecule has 0 saturated heterocycles. The van der Waals surface area contributed by atoms with E-state index in [1.165, 1.54) is 0 Å². The van der Waals surface area contributed by atoms with Crippen LogP contribution in [0.15, 0.2) is 47.3 Å². The van der Waals surface area contributed by atoms with E-state index in [2.05, 4.69) is 6.07 Å². The van der Waals surface area contributed by atoms with Crippen LogP contribution in [0.25, 0.3) is 20.7 Å². The van der Waals surface area contributed by atoms with E-state index in [0.29, 0.717) is 0 Å². The number of fused-ring (bicyclic) bond motifs is 1. The molecule has 2 aromatic heterocycles. The van der Waals surface area contributed by atoms with Crippen molar-refractivity contribution in [1.29, 1.82) is 0 Å². The fourth-order valence-corrected chi connectivity index (χ4v) is 3.15. The predicted octanol–water partition coefficient (Wildman–Crippen LogP) is 3.28. The number of pyridine rings is 1. The highest BCUT2D eigenvalue weighted by atomic mass is 32.1. The van der Waals surface area contributed by atoms with E-state index in [1.807, 2.05) is 30.3 Å². The lowest BCUT2D eigenvalue weighted by molar-refractivity contribution is 0.415. The third kappa shape index (κ3) is 2.04. The fourth-order valence-electron chi connectivity index (χ4n) is 2.05. The number of hydrogen-bond acceptors (Lipinski definition) is 3. The number of hydrogen-bond donors (Lipinski definition) is 0. The molecule has 0 N–H and O–H groups in total. The molecule has 0 spiro atoms. The van der Waals surface area contributed by atoms with E-state index in [1.54, 1.807) is 36.1 Å². The van der Waals surface area contributed by atoms with Crippen LogP contribution in [0.2, 0.25) is 0 Å². The number of benzene rings is 1. The first kappa shape index (κ1) is 12.0. The quantitative estimate of drug-likeness (QED) is 0.716. The number of ether oxygens (including phenoxy) is 1. The Hall–Kier alpha value is -2.07. The molecule has 0 saturated carbocycles. The summed E-state index contributed by atoms with van der Waals surface area (Å²) in [5.74, 6) is 0.845. The molecule has 1 aromatic carbocycles. The molecule has 0 fully saturated rings. The van der Waals surface area contributed by atoms with Crippen LogP contribution in [0.4, 0.5) is 0 Å². The van der Waals surface area contributed by atoms with E-state index in [-0.39, 0.29) is 5.56 Å². The third-order valence-corrected chi connectivity index (χ3v) is 4.32. The molecule has 0 bridgehead atoms. The van der Waals surface area contributed by atoms with Gasteiger partial charge in [-0.15, -0.1) is 11.3 Å². The number of aromatic nitrogens is 1. The van der Waals surface area contributed by atoms with Crippen LogP contribution in [0, 0.1) is 0 Å². The smallest absolute Gasteiger partial charge is 0.250 e. The summed E-state index contributed by atoms with van der Waals surface area (Å²) in [6.45, 7) is 0. The first-order chi connectivity index (χ1) is 9.19. The van der Waals surface area contributed by atoms with Gasteiger partial charge in [0.15, 0.2) is 0 Å². The summed E-state index contributed by atoms with van der Waals surface area (Å²) in [5, 5.41) is 0. The lowest BCUT2D eigenvalue weighted by atomic mass is 10.2. The molecule has 0 radical (unpaired) electrons. The SMILES string of the molecule is COc1ccc(-c2cc3c(ccc(=O)n3C)s2)cc1. The Bertz CT molecular complexity index is 784. The fraction of sp³-hybridized carbons (Fsp3) is 0.133. The van der Waals surface area contributed by atoms with Gasteiger partial charge in [0.1, 0.15) is 5.75 Å². The second-order valence-corrected chi connectivity index (χ2v) is 5.40. The van der Waals surface area contributed by atoms with Gasteiger partial charge in [-0.3, -0.25) is 4.79 Å². The molecule has 96 valence electrons. The Kier molecular flexibility index (Phi) is 2.87. The van der Waals surface area contributed by atoms with Crippen LogP contribution in [0.5, 0.6) is 5.75 Å². The third-order valence-electron chi connectivity index (χ3n) is 3.18. The van der Waals surface area contributed by atoms with Crippen molar-refractivity contribution in [1.82, 2.24) is 4.57 Å². The zero-order valence-corrected chi connectivity index (χ0v) is 11.5. The number of aryl methyl sites for hydroxylation is 1. The van der Waals surface area contributed by atoms with Crippen LogP contribution in [-0.4, -0.2) is 11.7 Å². The highest BCUT2D eigenvalue weighted by Crippen LogP contribution is 2.33. The van der Waals surface area contributed by atoms with Crippen molar-refractivity contribution < 1.29 is 4.74 Å². The highest BCUT2D eigenvalue weighted by molar-refractivity contribution is 7.22. The van der Waals surface area contributed by atoms with Gasteiger partial charge in [0.05, 0.1) is 17.3 Å². The van der Waals surface area contributed by atoms with E-state index in [9.17, 15) is 4.79 Å². The molecule has 3 rings (SSSR count). The van der Waals surface area contributed by atoms with Gasteiger partial charge >= 0.3 is 0 Å². The maximum absolute atomic E-state index is 11.6. The van der Waals surface area contributed by atoms with Crippen LogP contribution >= 0.6 is 11.3 Å². The van der Waals surface area contributed by atoms with E-state index in [4.69, 9.17) is 4.74 Å². The van der Waals surface area contributed by atoms with Crippen LogP contribution in [0.3, 0.4) is 0 Å². The maximum Gasteiger partial charge on any atom is 0.250 e. The molecule has 2 heterocycles. The monoisotopic (exact) mass is 271 g/mol. The average Bonchev–Trinajstić information content (AvgIpc) is 2.88. The van der Waals surface area contributed by atoms with Gasteiger partial charge in [-0.2, -0.15) is 0 Å². The Morgan fingerprint density at radius 1 is 1.11 bits per heavy atom. The molecule has 0 aliphatic carbocycles. The molecule has 0 aliphatic heterocycles. The summed E-state index contributed by atoms with van der Waals surface area (Å²) in [6, 6.07) is 13.5. The van der Waals surface area contributed by atoms with Crippen molar-refractivity contribution in [2.45, 2.75) is 0 Å². The van der Waals surface area contributed by atoms with Crippen molar-refractivity contribution in [2.24, 2.45) is 7.05 Å². The zero-order chi connectivity index (χ0) is 13.4. The molecule has 19 heavy (non-hydrogen) atoms. The Balaban J connectivity index is 2.14. The van der Waals surface area contributed by atoms with E-state index in [0.717, 1.165) is 26.4 Å². The first-order valence-corrected chi connectivity index (χ1v) is 6.75. The highest BCUT2D eigenvalue weighted by Gasteiger charge is 2.07. The predicted molar refractivity (Wildman–Crippen MR) is 79.1 cm³/mol. The molecule has 3 nitrogen and oxygen atoms in total. The van der Waals surface area contributed by atoms with Crippen molar-refractivity contribution in [3.63, 3.8) is 0 Å². The Morgan fingerprint density at radius 2 is 1.84 bits per heavy atom. The molecule has 0 unspecified atom stereocenters. The normalized spacial score (nSPS) is 10.8. The minimum Gasteiger partial charge on any atom is -0.497 e. The molecular formula is C15H13NO2S. The number of thiophene rings is 1. The van der Waals surface area contributed by atoms with Gasteiger partial charge in [-0.05, 0) is 42.0 Å². The van der Waals surface area contributed by atoms with Crippen LogP contribution in [-0.2, 0) is 7.05 Å². The van der Waals surface area contributed by atoms with Crippen molar-refractivity contribution in [3.8, 4) is 16.2 Å². The minimum absolute atomic E-state index is 0.0200. The largest absolute Gasteiger partial charge is 0.497 e. The summed E-state index contributed by atoms with van der Waals surface area (Å²) in [7, 11) is 3.46. The molecule has 4 heteroatoms. The summed E-state index contributed by atoms with van der Waals surface area (Å²) in [4.78, 5) is 12.8. The van der Waals surface area contributed by atoms with Crippen molar-refractivity contribution in [3.05, 3.63) is 52.8 Å². The minimum atomic E-state index is 0.0200. The zero-order valence-electron chi connectivity index (χ0n) is 10.7. The van der Waals surface area contributed by atoms with Gasteiger partial charge in [-0.25, -0.2) is 0 Å². The van der Waals surface area contributed by atoms with Gasteiger partial charge in [0.2, 0.25) is 0 Å². The van der Waals surface area contributed by atoms with E-state index < -0.39 is 0 Å². The molecule has 3 aromatic rings. The number of rotatable bonds is 2. The standard InChI is InChI=1S/C15H13NO2S/c1-16-12-9-14(19-13(12)7-8-15(16)17)10-3-5-11(18-2)6-4-10/h3-9H,1-2H3. The molecule has 0 atom stereocenters. The Morgan fingerprint density at radius 3 is 2.53 bits per heavy atom. The number of nitrogens with zero attached hydrogens (tertiary/aromatic N) is 1. The second kappa shape index (κ2) is 4.55. The Labute approximate surface area is 114 Å². The second-order valence-electron chi connectivity index (χ2n) is 4.32. The average molecular weight is 271 g/mol. The van der Waals surface area contributed by atoms with E-state index >= 15 is 0 Å². The lowest BCUT2D eigenvalue weighted by Gasteiger charge is -2.00. The van der Waals surface area contributed by atoms with Crippen molar-refractivity contribution >= 4 is 21.6 Å². The number of methoxy groups -OCH3 is 1. The molecular weight excluding hydrogens is 258 g/mol. The summed E-state index contributed by atoms with van der Waals surface area (Å²) in [5.41, 5.74) is 2.13. The maximum atomic E-state index is 11.6. The van der Waals surface area contributed by atoms with Gasteiger partial charge in [-0.1, -0.05) is 0 Å². The molecule has 0 amide bonds. The summed E-state index contributed by atoms with van der Waals surface area (Å²) >= 11 is 1.69. The summed E-state index contributed by atoms with van der Waals surface area (Å²) < 4.78 is 7.95. The van der Waals surface area contributed by atoms with Crippen molar-refractivity contribution in [2.75, 3.05) is 7.11 Å². The van der Waals surface area contributed by atoms with Gasteiger partial charge < -0.3 is 9.30 Å². The van der Waals surface area contributed by atoms with Gasteiger partial charge in [0, 0.05) is 18.0 Å². The lowest BCUT2D eigenvalue weighted by Crippen LogP contribution is -2.13. The van der Waals surface area contributed by atoms with Crippen LogP contribution < -0.4 is 10.3 Å². The summed E-state index contributed by atoms with van der Waals surface area (Å²) in [6.07, 6.45) is 0. The molecule has 0 aliphatic rings. The first-order valence-electron chi connectivity index (χ1n) is 5.93. The topological polar surface area (TPSA) is 31.2 Å². The van der Waals surface area contributed by atoms with Gasteiger partial charge in [0.25, 0.3) is 5.56 Å². The van der Waals surface area contributed by atoms with Crippen LogP contribution in [0.1, 0.15) is 0 Å².